The van der Waals surface area contributed by atoms with E-state index in [1.54, 1.807) is 0 Å². The van der Waals surface area contributed by atoms with Gasteiger partial charge in [-0.25, -0.2) is 4.98 Å². The second-order valence-electron chi connectivity index (χ2n) is 6.41. The Morgan fingerprint density at radius 3 is 2.44 bits per heavy atom. The molecule has 0 spiro atoms. The maximum Gasteiger partial charge on any atom is 0.424 e. The fourth-order valence-electron chi connectivity index (χ4n) is 2.18. The maximum absolute atomic E-state index is 13.5. The Kier molecular flexibility index (Phi) is 7.28. The first-order chi connectivity index (χ1) is 11.5. The third kappa shape index (κ3) is 5.35. The molecule has 0 fully saturated rings. The molecule has 0 aliphatic heterocycles. The van der Waals surface area contributed by atoms with Crippen LogP contribution >= 0.6 is 0 Å². The fourth-order valence-corrected chi connectivity index (χ4v) is 2.18. The first-order valence-electron chi connectivity index (χ1n) is 8.34. The first kappa shape index (κ1) is 21.3. The largest absolute Gasteiger partial charge is 0.424 e. The molecule has 2 atom stereocenters. The van der Waals surface area contributed by atoms with Crippen molar-refractivity contribution in [3.63, 3.8) is 0 Å². The zero-order valence-electron chi connectivity index (χ0n) is 15.4. The minimum Gasteiger partial charge on any atom is -0.374 e. The Labute approximate surface area is 146 Å². The summed E-state index contributed by atoms with van der Waals surface area (Å²) in [6.45, 7) is 8.28. The summed E-state index contributed by atoms with van der Waals surface area (Å²) >= 11 is 0. The van der Waals surface area contributed by atoms with Crippen LogP contribution in [0.4, 0.5) is 13.2 Å². The minimum atomic E-state index is -4.85. The van der Waals surface area contributed by atoms with Crippen molar-refractivity contribution in [3.8, 4) is 0 Å². The lowest BCUT2D eigenvalue weighted by Crippen LogP contribution is -2.46. The van der Waals surface area contributed by atoms with Gasteiger partial charge in [-0.2, -0.15) is 13.2 Å². The van der Waals surface area contributed by atoms with Crippen LogP contribution < -0.4 is 10.6 Å². The number of alkyl halides is 3. The van der Waals surface area contributed by atoms with E-state index in [1.165, 1.54) is 24.0 Å². The SMILES string of the molecule is CCNC(=NCCC(O)(c1nccn1C)C(F)(F)F)NC(C)C(C)C. The highest BCUT2D eigenvalue weighted by molar-refractivity contribution is 5.80. The molecule has 0 aliphatic rings. The Bertz CT molecular complexity index is 570. The van der Waals surface area contributed by atoms with Crippen molar-refractivity contribution >= 4 is 5.96 Å². The van der Waals surface area contributed by atoms with E-state index in [0.29, 0.717) is 18.4 Å². The number of nitrogens with one attached hydrogen (secondary N) is 2. The quantitative estimate of drug-likeness (QED) is 0.513. The number of rotatable bonds is 7. The van der Waals surface area contributed by atoms with Gasteiger partial charge in [0.05, 0.1) is 0 Å². The Morgan fingerprint density at radius 2 is 2.00 bits per heavy atom. The molecular formula is C16H28F3N5O. The number of nitrogens with zero attached hydrogens (tertiary/aromatic N) is 3. The Morgan fingerprint density at radius 1 is 1.36 bits per heavy atom. The predicted octanol–water partition coefficient (Wildman–Crippen LogP) is 2.16. The van der Waals surface area contributed by atoms with Gasteiger partial charge in [0.2, 0.25) is 5.60 Å². The van der Waals surface area contributed by atoms with Crippen LogP contribution in [0.3, 0.4) is 0 Å². The number of aliphatic imine (C=N–C) groups is 1. The van der Waals surface area contributed by atoms with Gasteiger partial charge in [-0.15, -0.1) is 0 Å². The molecule has 3 N–H and O–H groups in total. The van der Waals surface area contributed by atoms with Gasteiger partial charge < -0.3 is 20.3 Å². The van der Waals surface area contributed by atoms with Crippen molar-refractivity contribution < 1.29 is 18.3 Å². The fraction of sp³-hybridized carbons (Fsp3) is 0.750. The van der Waals surface area contributed by atoms with Crippen molar-refractivity contribution in [2.75, 3.05) is 13.1 Å². The van der Waals surface area contributed by atoms with Crippen LogP contribution in [0.15, 0.2) is 17.4 Å². The standard InChI is InChI=1S/C16H28F3N5O/c1-6-20-14(23-12(4)11(2)3)22-8-7-15(25,16(17,18)19)13-21-9-10-24(13)5/h9-12,25H,6-8H2,1-5H3,(H2,20,22,23). The third-order valence-electron chi connectivity index (χ3n) is 4.11. The summed E-state index contributed by atoms with van der Waals surface area (Å²) in [6, 6.07) is 0.105. The van der Waals surface area contributed by atoms with Gasteiger partial charge in [0.1, 0.15) is 5.82 Å². The summed E-state index contributed by atoms with van der Waals surface area (Å²) < 4.78 is 41.5. The van der Waals surface area contributed by atoms with Gasteiger partial charge in [-0.3, -0.25) is 4.99 Å². The maximum atomic E-state index is 13.5. The second-order valence-corrected chi connectivity index (χ2v) is 6.41. The number of hydrogen-bond donors (Lipinski definition) is 3. The molecule has 0 aromatic carbocycles. The number of imidazole rings is 1. The zero-order chi connectivity index (χ0) is 19.3. The highest BCUT2D eigenvalue weighted by atomic mass is 19.4. The van der Waals surface area contributed by atoms with E-state index in [2.05, 4.69) is 20.6 Å². The molecular weight excluding hydrogens is 335 g/mol. The lowest BCUT2D eigenvalue weighted by Gasteiger charge is -2.29. The van der Waals surface area contributed by atoms with Crippen molar-refractivity contribution in [1.29, 1.82) is 0 Å². The third-order valence-corrected chi connectivity index (χ3v) is 4.11. The average Bonchev–Trinajstić information content (AvgIpc) is 2.92. The second kappa shape index (κ2) is 8.55. The highest BCUT2D eigenvalue weighted by Gasteiger charge is 2.57. The summed E-state index contributed by atoms with van der Waals surface area (Å²) in [5.74, 6) is 0.320. The number of aromatic nitrogens is 2. The van der Waals surface area contributed by atoms with E-state index >= 15 is 0 Å². The summed E-state index contributed by atoms with van der Waals surface area (Å²) in [5, 5.41) is 16.4. The van der Waals surface area contributed by atoms with E-state index < -0.39 is 24.0 Å². The number of aryl methyl sites for hydroxylation is 1. The molecule has 0 aliphatic carbocycles. The van der Waals surface area contributed by atoms with E-state index in [9.17, 15) is 18.3 Å². The average molecular weight is 363 g/mol. The van der Waals surface area contributed by atoms with E-state index in [1.807, 2.05) is 27.7 Å². The van der Waals surface area contributed by atoms with Crippen molar-refractivity contribution in [2.24, 2.45) is 18.0 Å². The van der Waals surface area contributed by atoms with Gasteiger partial charge in [0, 0.05) is 45.0 Å². The topological polar surface area (TPSA) is 74.5 Å². The lowest BCUT2D eigenvalue weighted by atomic mass is 9.98. The molecule has 2 unspecified atom stereocenters. The molecule has 0 bridgehead atoms. The van der Waals surface area contributed by atoms with E-state index in [4.69, 9.17) is 0 Å². The molecule has 0 saturated carbocycles. The molecule has 1 rings (SSSR count). The predicted molar refractivity (Wildman–Crippen MR) is 91.2 cm³/mol. The van der Waals surface area contributed by atoms with Gasteiger partial charge in [0.15, 0.2) is 5.96 Å². The summed E-state index contributed by atoms with van der Waals surface area (Å²) in [4.78, 5) is 7.84. The number of aliphatic hydroxyl groups is 1. The molecule has 1 aromatic rings. The molecule has 0 radical (unpaired) electrons. The van der Waals surface area contributed by atoms with Crippen LogP contribution in [-0.4, -0.2) is 45.9 Å². The molecule has 1 aromatic heterocycles. The van der Waals surface area contributed by atoms with E-state index in [-0.39, 0.29) is 12.6 Å². The van der Waals surface area contributed by atoms with Crippen molar-refractivity contribution in [2.45, 2.75) is 51.9 Å². The van der Waals surface area contributed by atoms with Gasteiger partial charge in [0.25, 0.3) is 0 Å². The number of guanidine groups is 1. The van der Waals surface area contributed by atoms with Crippen molar-refractivity contribution in [1.82, 2.24) is 20.2 Å². The van der Waals surface area contributed by atoms with Crippen LogP contribution in [0.25, 0.3) is 0 Å². The van der Waals surface area contributed by atoms with Crippen LogP contribution in [0, 0.1) is 5.92 Å². The van der Waals surface area contributed by atoms with Crippen LogP contribution in [-0.2, 0) is 12.6 Å². The highest BCUT2D eigenvalue weighted by Crippen LogP contribution is 2.40. The molecule has 6 nitrogen and oxygen atoms in total. The molecule has 144 valence electrons. The summed E-state index contributed by atoms with van der Waals surface area (Å²) in [6.07, 6.45) is -2.87. The van der Waals surface area contributed by atoms with Gasteiger partial charge in [-0.05, 0) is 19.8 Å². The normalized spacial score (nSPS) is 16.6. The Hall–Kier alpha value is -1.77. The van der Waals surface area contributed by atoms with Crippen LogP contribution in [0.2, 0.25) is 0 Å². The van der Waals surface area contributed by atoms with Crippen molar-refractivity contribution in [3.05, 3.63) is 18.2 Å². The monoisotopic (exact) mass is 363 g/mol. The smallest absolute Gasteiger partial charge is 0.374 e. The summed E-state index contributed by atoms with van der Waals surface area (Å²) in [5.41, 5.74) is -3.05. The molecule has 0 amide bonds. The lowest BCUT2D eigenvalue weighted by molar-refractivity contribution is -0.272. The van der Waals surface area contributed by atoms with Gasteiger partial charge >= 0.3 is 6.18 Å². The van der Waals surface area contributed by atoms with Crippen LogP contribution in [0.5, 0.6) is 0 Å². The minimum absolute atomic E-state index is 0.105. The first-order valence-corrected chi connectivity index (χ1v) is 8.34. The van der Waals surface area contributed by atoms with Gasteiger partial charge in [-0.1, -0.05) is 13.8 Å². The summed E-state index contributed by atoms with van der Waals surface area (Å²) in [7, 11) is 1.41. The molecule has 25 heavy (non-hydrogen) atoms. The molecule has 1 heterocycles. The van der Waals surface area contributed by atoms with E-state index in [0.717, 1.165) is 0 Å². The molecule has 9 heteroatoms. The zero-order valence-corrected chi connectivity index (χ0v) is 15.4. The number of hydrogen-bond acceptors (Lipinski definition) is 3. The Balaban J connectivity index is 2.93. The number of halogens is 3. The van der Waals surface area contributed by atoms with Crippen LogP contribution in [0.1, 0.15) is 39.9 Å². The molecule has 0 saturated heterocycles.